The van der Waals surface area contributed by atoms with E-state index >= 15 is 0 Å². The second kappa shape index (κ2) is 7.46. The molecule has 1 saturated heterocycles. The first-order chi connectivity index (χ1) is 9.85. The molecule has 1 atom stereocenters. The second-order valence-electron chi connectivity index (χ2n) is 4.81. The quantitative estimate of drug-likeness (QED) is 0.518. The number of carboxylic acids is 2. The third-order valence-corrected chi connectivity index (χ3v) is 3.37. The van der Waals surface area contributed by atoms with Gasteiger partial charge >= 0.3 is 18.0 Å². The van der Waals surface area contributed by atoms with Gasteiger partial charge in [-0.1, -0.05) is 0 Å². The van der Waals surface area contributed by atoms with Gasteiger partial charge in [0, 0.05) is 26.1 Å². The van der Waals surface area contributed by atoms with Crippen LogP contribution in [0.2, 0.25) is 0 Å². The van der Waals surface area contributed by atoms with Gasteiger partial charge in [0.25, 0.3) is 0 Å². The molecule has 0 spiro atoms. The van der Waals surface area contributed by atoms with Crippen molar-refractivity contribution in [2.75, 3.05) is 20.1 Å². The van der Waals surface area contributed by atoms with Gasteiger partial charge in [-0.15, -0.1) is 0 Å². The third kappa shape index (κ3) is 4.93. The molecule has 9 heteroatoms. The van der Waals surface area contributed by atoms with Crippen LogP contribution < -0.4 is 10.6 Å². The van der Waals surface area contributed by atoms with Crippen molar-refractivity contribution in [3.8, 4) is 0 Å². The minimum absolute atomic E-state index is 0.0793. The topological polar surface area (TPSA) is 136 Å². The van der Waals surface area contributed by atoms with Gasteiger partial charge in [-0.25, -0.2) is 9.59 Å². The predicted molar refractivity (Wildman–Crippen MR) is 70.6 cm³/mol. The van der Waals surface area contributed by atoms with E-state index in [1.807, 2.05) is 0 Å². The molecule has 3 amide bonds. The SMILES string of the molecule is CNC(=O)C1CCN(C(=O)NC(CC(=O)O)C(=O)O)CC1. The number of nitrogens with one attached hydrogen (secondary N) is 2. The Balaban J connectivity index is 2.51. The lowest BCUT2D eigenvalue weighted by molar-refractivity contribution is -0.145. The Bertz CT molecular complexity index is 431. The van der Waals surface area contributed by atoms with Gasteiger partial charge < -0.3 is 25.7 Å². The summed E-state index contributed by atoms with van der Waals surface area (Å²) < 4.78 is 0. The zero-order chi connectivity index (χ0) is 16.0. The van der Waals surface area contributed by atoms with Crippen molar-refractivity contribution in [3.05, 3.63) is 0 Å². The van der Waals surface area contributed by atoms with Gasteiger partial charge in [-0.05, 0) is 12.8 Å². The van der Waals surface area contributed by atoms with Crippen molar-refractivity contribution in [2.45, 2.75) is 25.3 Å². The second-order valence-corrected chi connectivity index (χ2v) is 4.81. The molecular weight excluding hydrogens is 282 g/mol. The Morgan fingerprint density at radius 3 is 2.19 bits per heavy atom. The minimum Gasteiger partial charge on any atom is -0.481 e. The first-order valence-corrected chi connectivity index (χ1v) is 6.56. The number of rotatable bonds is 5. The van der Waals surface area contributed by atoms with E-state index < -0.39 is 30.4 Å². The fourth-order valence-corrected chi connectivity index (χ4v) is 2.16. The lowest BCUT2D eigenvalue weighted by atomic mass is 9.96. The lowest BCUT2D eigenvalue weighted by Crippen LogP contribution is -2.51. The lowest BCUT2D eigenvalue weighted by Gasteiger charge is -2.31. The van der Waals surface area contributed by atoms with Gasteiger partial charge in [0.2, 0.25) is 5.91 Å². The monoisotopic (exact) mass is 301 g/mol. The number of amides is 3. The highest BCUT2D eigenvalue weighted by atomic mass is 16.4. The van der Waals surface area contributed by atoms with Gasteiger partial charge in [0.05, 0.1) is 6.42 Å². The van der Waals surface area contributed by atoms with Crippen molar-refractivity contribution in [1.29, 1.82) is 0 Å². The fraction of sp³-hybridized carbons (Fsp3) is 0.667. The molecule has 1 aliphatic rings. The van der Waals surface area contributed by atoms with E-state index in [1.165, 1.54) is 4.90 Å². The molecule has 0 bridgehead atoms. The highest BCUT2D eigenvalue weighted by Crippen LogP contribution is 2.17. The first-order valence-electron chi connectivity index (χ1n) is 6.56. The van der Waals surface area contributed by atoms with Crippen molar-refractivity contribution < 1.29 is 29.4 Å². The van der Waals surface area contributed by atoms with Crippen LogP contribution in [-0.4, -0.2) is 65.2 Å². The molecule has 4 N–H and O–H groups in total. The van der Waals surface area contributed by atoms with Crippen LogP contribution in [-0.2, 0) is 14.4 Å². The zero-order valence-corrected chi connectivity index (χ0v) is 11.7. The number of nitrogens with zero attached hydrogens (tertiary/aromatic N) is 1. The number of urea groups is 1. The number of carboxylic acid groups (broad SMARTS) is 2. The van der Waals surface area contributed by atoms with Crippen molar-refractivity contribution in [1.82, 2.24) is 15.5 Å². The molecule has 0 aromatic carbocycles. The van der Waals surface area contributed by atoms with Crippen LogP contribution in [0.1, 0.15) is 19.3 Å². The van der Waals surface area contributed by atoms with E-state index in [0.29, 0.717) is 25.9 Å². The maximum atomic E-state index is 11.9. The largest absolute Gasteiger partial charge is 0.481 e. The number of likely N-dealkylation sites (tertiary alicyclic amines) is 1. The molecule has 1 heterocycles. The van der Waals surface area contributed by atoms with Crippen LogP contribution in [0.3, 0.4) is 0 Å². The van der Waals surface area contributed by atoms with Crippen molar-refractivity contribution >= 4 is 23.9 Å². The van der Waals surface area contributed by atoms with Crippen LogP contribution in [0.5, 0.6) is 0 Å². The number of piperidine rings is 1. The average Bonchev–Trinajstić information content (AvgIpc) is 2.45. The summed E-state index contributed by atoms with van der Waals surface area (Å²) in [6.45, 7) is 0.645. The van der Waals surface area contributed by atoms with Crippen LogP contribution in [0, 0.1) is 5.92 Å². The van der Waals surface area contributed by atoms with Gasteiger partial charge in [-0.2, -0.15) is 0 Å². The van der Waals surface area contributed by atoms with Crippen molar-refractivity contribution in [3.63, 3.8) is 0 Å². The summed E-state index contributed by atoms with van der Waals surface area (Å²) in [5, 5.41) is 22.2. The van der Waals surface area contributed by atoms with E-state index in [4.69, 9.17) is 10.2 Å². The molecule has 0 aliphatic carbocycles. The molecule has 0 radical (unpaired) electrons. The number of hydrogen-bond donors (Lipinski definition) is 4. The van der Waals surface area contributed by atoms with E-state index in [1.54, 1.807) is 7.05 Å². The maximum Gasteiger partial charge on any atom is 0.326 e. The predicted octanol–water partition coefficient (Wildman–Crippen LogP) is -0.918. The molecule has 0 saturated carbocycles. The molecule has 9 nitrogen and oxygen atoms in total. The van der Waals surface area contributed by atoms with Gasteiger partial charge in [-0.3, -0.25) is 9.59 Å². The summed E-state index contributed by atoms with van der Waals surface area (Å²) in [6, 6.07) is -2.09. The molecule has 1 rings (SSSR count). The normalized spacial score (nSPS) is 16.9. The zero-order valence-electron chi connectivity index (χ0n) is 11.7. The Morgan fingerprint density at radius 1 is 1.19 bits per heavy atom. The smallest absolute Gasteiger partial charge is 0.326 e. The highest BCUT2D eigenvalue weighted by Gasteiger charge is 2.29. The van der Waals surface area contributed by atoms with E-state index in [-0.39, 0.29) is 11.8 Å². The summed E-state index contributed by atoms with van der Waals surface area (Å²) in [7, 11) is 1.55. The maximum absolute atomic E-state index is 11.9. The standard InChI is InChI=1S/C12H19N3O6/c1-13-10(18)7-2-4-15(5-3-7)12(21)14-8(11(19)20)6-9(16)17/h7-8H,2-6H2,1H3,(H,13,18)(H,14,21)(H,16,17)(H,19,20). The Hall–Kier alpha value is -2.32. The fourth-order valence-electron chi connectivity index (χ4n) is 2.16. The van der Waals surface area contributed by atoms with E-state index in [0.717, 1.165) is 0 Å². The number of carbonyl (C=O) groups excluding carboxylic acids is 2. The van der Waals surface area contributed by atoms with Crippen molar-refractivity contribution in [2.24, 2.45) is 5.92 Å². The third-order valence-electron chi connectivity index (χ3n) is 3.37. The molecule has 0 aromatic rings. The van der Waals surface area contributed by atoms with E-state index in [9.17, 15) is 19.2 Å². The van der Waals surface area contributed by atoms with Crippen LogP contribution >= 0.6 is 0 Å². The molecule has 1 fully saturated rings. The van der Waals surface area contributed by atoms with Gasteiger partial charge in [0.15, 0.2) is 0 Å². The number of aliphatic carboxylic acids is 2. The molecule has 118 valence electrons. The minimum atomic E-state index is -1.47. The number of carbonyl (C=O) groups is 4. The highest BCUT2D eigenvalue weighted by molar-refractivity contribution is 5.86. The summed E-state index contributed by atoms with van der Waals surface area (Å²) in [6.07, 6.45) is 0.295. The summed E-state index contributed by atoms with van der Waals surface area (Å²) in [5.74, 6) is -2.94. The summed E-state index contributed by atoms with van der Waals surface area (Å²) in [5.41, 5.74) is 0. The Kier molecular flexibility index (Phi) is 5.94. The summed E-state index contributed by atoms with van der Waals surface area (Å²) >= 11 is 0. The van der Waals surface area contributed by atoms with Gasteiger partial charge in [0.1, 0.15) is 6.04 Å². The Morgan fingerprint density at radius 2 is 1.76 bits per heavy atom. The van der Waals surface area contributed by atoms with Crippen LogP contribution in [0.15, 0.2) is 0 Å². The molecule has 1 aliphatic heterocycles. The van der Waals surface area contributed by atoms with E-state index in [2.05, 4.69) is 10.6 Å². The summed E-state index contributed by atoms with van der Waals surface area (Å²) in [4.78, 5) is 46.2. The molecule has 1 unspecified atom stereocenters. The Labute approximate surface area is 121 Å². The number of hydrogen-bond acceptors (Lipinski definition) is 4. The molecular formula is C12H19N3O6. The molecule has 21 heavy (non-hydrogen) atoms. The first kappa shape index (κ1) is 16.7. The van der Waals surface area contributed by atoms with Crippen LogP contribution in [0.25, 0.3) is 0 Å². The molecule has 0 aromatic heterocycles. The van der Waals surface area contributed by atoms with Crippen LogP contribution in [0.4, 0.5) is 4.79 Å². The average molecular weight is 301 g/mol.